The van der Waals surface area contributed by atoms with Crippen LogP contribution in [0.1, 0.15) is 51.0 Å². The summed E-state index contributed by atoms with van der Waals surface area (Å²) in [6.07, 6.45) is 3.12. The lowest BCUT2D eigenvalue weighted by atomic mass is 9.81. The van der Waals surface area contributed by atoms with E-state index in [1.54, 1.807) is 24.3 Å². The van der Waals surface area contributed by atoms with Gasteiger partial charge in [0.1, 0.15) is 18.9 Å². The summed E-state index contributed by atoms with van der Waals surface area (Å²) in [5, 5.41) is 9.37. The number of anilines is 1. The van der Waals surface area contributed by atoms with Gasteiger partial charge >= 0.3 is 13.6 Å². The van der Waals surface area contributed by atoms with Gasteiger partial charge in [0.05, 0.1) is 0 Å². The molecular formula is C21H29N2O7P. The summed E-state index contributed by atoms with van der Waals surface area (Å²) in [5.74, 6) is -2.26. The number of para-hydroxylation sites is 1. The molecule has 31 heavy (non-hydrogen) atoms. The number of hydrogen-bond acceptors (Lipinski definition) is 4. The van der Waals surface area contributed by atoms with Crippen LogP contribution in [0, 0.1) is 5.41 Å². The maximum absolute atomic E-state index is 13.6. The van der Waals surface area contributed by atoms with Crippen molar-refractivity contribution in [3.63, 3.8) is 0 Å². The summed E-state index contributed by atoms with van der Waals surface area (Å²) in [6.45, 7) is 1.28. The van der Waals surface area contributed by atoms with Crippen LogP contribution in [0.25, 0.3) is 0 Å². The molecule has 0 unspecified atom stereocenters. The Labute approximate surface area is 181 Å². The largest absolute Gasteiger partial charge is 0.480 e. The van der Waals surface area contributed by atoms with Gasteiger partial charge in [0.2, 0.25) is 11.8 Å². The number of carbonyl (C=O) groups is 3. The van der Waals surface area contributed by atoms with Crippen LogP contribution in [0.5, 0.6) is 0 Å². The number of carbonyl (C=O) groups excluding carboxylic acids is 2. The Morgan fingerprint density at radius 2 is 1.87 bits per heavy atom. The number of rotatable bonds is 7. The lowest BCUT2D eigenvalue weighted by molar-refractivity contribution is -0.148. The molecule has 0 aromatic heterocycles. The second-order valence-electron chi connectivity index (χ2n) is 8.42. The minimum Gasteiger partial charge on any atom is -0.480 e. The second kappa shape index (κ2) is 9.10. The topological polar surface area (TPSA) is 135 Å². The normalized spacial score (nSPS) is 20.8. The van der Waals surface area contributed by atoms with Gasteiger partial charge in [-0.25, -0.2) is 0 Å². The highest BCUT2D eigenvalue weighted by atomic mass is 31.2. The number of amides is 2. The van der Waals surface area contributed by atoms with E-state index in [1.807, 2.05) is 6.92 Å². The first-order valence-corrected chi connectivity index (χ1v) is 12.3. The van der Waals surface area contributed by atoms with Crippen molar-refractivity contribution in [2.24, 2.45) is 5.41 Å². The van der Waals surface area contributed by atoms with Gasteiger partial charge < -0.3 is 19.8 Å². The monoisotopic (exact) mass is 452 g/mol. The Morgan fingerprint density at radius 1 is 1.23 bits per heavy atom. The zero-order valence-corrected chi connectivity index (χ0v) is 18.5. The van der Waals surface area contributed by atoms with Crippen molar-refractivity contribution in [2.45, 2.75) is 57.9 Å². The van der Waals surface area contributed by atoms with Gasteiger partial charge in [-0.3, -0.25) is 23.8 Å². The Hall–Kier alpha value is -2.22. The number of carboxylic acid groups (broad SMARTS) is 1. The predicted molar refractivity (Wildman–Crippen MR) is 113 cm³/mol. The Kier molecular flexibility index (Phi) is 6.88. The summed E-state index contributed by atoms with van der Waals surface area (Å²) in [5.41, 5.74) is 0.466. The molecule has 1 heterocycles. The molecule has 3 rings (SSSR count). The average Bonchev–Trinajstić information content (AvgIpc) is 3.15. The predicted octanol–water partition coefficient (Wildman–Crippen LogP) is 2.35. The average molecular weight is 452 g/mol. The molecule has 2 amide bonds. The Balaban J connectivity index is 2.04. The molecule has 1 aliphatic heterocycles. The van der Waals surface area contributed by atoms with Crippen LogP contribution >= 0.6 is 7.60 Å². The van der Waals surface area contributed by atoms with Crippen molar-refractivity contribution >= 4 is 31.1 Å². The molecule has 1 aliphatic carbocycles. The molecule has 1 aromatic carbocycles. The van der Waals surface area contributed by atoms with Crippen LogP contribution in [0.15, 0.2) is 24.3 Å². The molecule has 1 fully saturated rings. The van der Waals surface area contributed by atoms with E-state index in [-0.39, 0.29) is 6.42 Å². The highest BCUT2D eigenvalue weighted by Crippen LogP contribution is 2.46. The zero-order chi connectivity index (χ0) is 22.8. The van der Waals surface area contributed by atoms with Gasteiger partial charge in [-0.2, -0.15) is 0 Å². The van der Waals surface area contributed by atoms with Crippen molar-refractivity contribution in [2.75, 3.05) is 17.7 Å². The Bertz CT molecular complexity index is 907. The molecule has 170 valence electrons. The first-order chi connectivity index (χ1) is 14.6. The SMILES string of the molecule is CCC1(C(=O)N(CP(=O)(O)O)[C@H]2CCc3ccccc3N(CC(=O)O)C2=O)CCCC1. The number of aliphatic carboxylic acids is 1. The number of benzene rings is 1. The fraction of sp³-hybridized carbons (Fsp3) is 0.571. The van der Waals surface area contributed by atoms with Crippen molar-refractivity contribution in [1.29, 1.82) is 0 Å². The quantitative estimate of drug-likeness (QED) is 0.541. The van der Waals surface area contributed by atoms with E-state index >= 15 is 0 Å². The molecule has 0 saturated heterocycles. The molecule has 0 bridgehead atoms. The molecule has 1 saturated carbocycles. The smallest absolute Gasteiger partial charge is 0.344 e. The number of hydrogen-bond donors (Lipinski definition) is 3. The third-order valence-electron chi connectivity index (χ3n) is 6.48. The minimum atomic E-state index is -4.67. The molecule has 0 spiro atoms. The molecule has 1 aromatic rings. The molecule has 9 nitrogen and oxygen atoms in total. The third kappa shape index (κ3) is 5.00. The number of nitrogens with zero attached hydrogens (tertiary/aromatic N) is 2. The van der Waals surface area contributed by atoms with Gasteiger partial charge in [-0.15, -0.1) is 0 Å². The van der Waals surface area contributed by atoms with E-state index in [0.29, 0.717) is 31.4 Å². The summed E-state index contributed by atoms with van der Waals surface area (Å²) >= 11 is 0. The van der Waals surface area contributed by atoms with Crippen LogP contribution in [-0.4, -0.2) is 56.4 Å². The maximum Gasteiger partial charge on any atom is 0.344 e. The lowest BCUT2D eigenvalue weighted by Crippen LogP contribution is -2.55. The van der Waals surface area contributed by atoms with E-state index in [1.165, 1.54) is 0 Å². The van der Waals surface area contributed by atoms with Crippen LogP contribution in [0.3, 0.4) is 0 Å². The van der Waals surface area contributed by atoms with Crippen LogP contribution < -0.4 is 4.90 Å². The first kappa shape index (κ1) is 23.4. The van der Waals surface area contributed by atoms with Gasteiger partial charge in [0, 0.05) is 11.1 Å². The molecule has 10 heteroatoms. The van der Waals surface area contributed by atoms with E-state index in [9.17, 15) is 33.8 Å². The van der Waals surface area contributed by atoms with Gasteiger partial charge in [0.25, 0.3) is 0 Å². The summed E-state index contributed by atoms with van der Waals surface area (Å²) in [7, 11) is -4.67. The van der Waals surface area contributed by atoms with Crippen molar-refractivity contribution in [3.05, 3.63) is 29.8 Å². The fourth-order valence-electron chi connectivity index (χ4n) is 4.87. The summed E-state index contributed by atoms with van der Waals surface area (Å²) in [6, 6.07) is 5.78. The van der Waals surface area contributed by atoms with Crippen molar-refractivity contribution < 1.29 is 33.8 Å². The van der Waals surface area contributed by atoms with E-state index in [2.05, 4.69) is 0 Å². The van der Waals surface area contributed by atoms with E-state index < -0.39 is 49.7 Å². The Morgan fingerprint density at radius 3 is 2.45 bits per heavy atom. The first-order valence-electron chi connectivity index (χ1n) is 10.5. The third-order valence-corrected chi connectivity index (χ3v) is 7.15. The minimum absolute atomic E-state index is 0.164. The van der Waals surface area contributed by atoms with E-state index in [4.69, 9.17) is 0 Å². The van der Waals surface area contributed by atoms with Crippen LogP contribution in [0.2, 0.25) is 0 Å². The van der Waals surface area contributed by atoms with Gasteiger partial charge in [-0.05, 0) is 43.7 Å². The summed E-state index contributed by atoms with van der Waals surface area (Å²) < 4.78 is 11.9. The van der Waals surface area contributed by atoms with Crippen LogP contribution in [-0.2, 0) is 25.4 Å². The highest BCUT2D eigenvalue weighted by molar-refractivity contribution is 7.51. The number of fused-ring (bicyclic) bond motifs is 1. The van der Waals surface area contributed by atoms with Gasteiger partial charge in [-0.1, -0.05) is 38.0 Å². The molecular weight excluding hydrogens is 423 g/mol. The van der Waals surface area contributed by atoms with Gasteiger partial charge in [0.15, 0.2) is 0 Å². The van der Waals surface area contributed by atoms with E-state index in [0.717, 1.165) is 28.2 Å². The number of carboxylic acids is 1. The molecule has 2 aliphatic rings. The lowest BCUT2D eigenvalue weighted by Gasteiger charge is -2.38. The van der Waals surface area contributed by atoms with Crippen LogP contribution in [0.4, 0.5) is 5.69 Å². The molecule has 0 radical (unpaired) electrons. The zero-order valence-electron chi connectivity index (χ0n) is 17.6. The maximum atomic E-state index is 13.6. The second-order valence-corrected chi connectivity index (χ2v) is 10.0. The standard InChI is InChI=1S/C21H29N2O7P/c1-2-21(11-5-6-12-21)20(27)23(14-31(28,29)30)17-10-9-15-7-3-4-8-16(15)22(19(17)26)13-18(24)25/h3-4,7-8,17H,2,5-6,9-14H2,1H3,(H,24,25)(H2,28,29,30)/t17-/m0/s1. The molecule has 3 N–H and O–H groups in total. The highest BCUT2D eigenvalue weighted by Gasteiger charge is 2.47. The molecule has 1 atom stereocenters. The van der Waals surface area contributed by atoms with Crippen molar-refractivity contribution in [3.8, 4) is 0 Å². The van der Waals surface area contributed by atoms with Crippen molar-refractivity contribution in [1.82, 2.24) is 4.90 Å². The number of aryl methyl sites for hydroxylation is 1. The summed E-state index contributed by atoms with van der Waals surface area (Å²) in [4.78, 5) is 60.2. The fourth-order valence-corrected chi connectivity index (χ4v) is 5.59.